The van der Waals surface area contributed by atoms with Crippen LogP contribution in [0.4, 0.5) is 17.1 Å². The fourth-order valence-corrected chi connectivity index (χ4v) is 4.42. The van der Waals surface area contributed by atoms with Crippen LogP contribution < -0.4 is 19.2 Å². The number of nitrogens with one attached hydrogen (secondary N) is 1. The number of nitriles is 1. The van der Waals surface area contributed by atoms with E-state index in [1.165, 1.54) is 16.7 Å². The third kappa shape index (κ3) is 7.23. The van der Waals surface area contributed by atoms with Crippen molar-refractivity contribution in [1.29, 1.82) is 5.26 Å². The Bertz CT molecular complexity index is 1520. The van der Waals surface area contributed by atoms with E-state index in [1.54, 1.807) is 18.2 Å². The molecule has 3 aromatic carbocycles. The van der Waals surface area contributed by atoms with Gasteiger partial charge in [0.1, 0.15) is 24.2 Å². The molecule has 0 radical (unpaired) electrons. The minimum absolute atomic E-state index is 0.273. The van der Waals surface area contributed by atoms with E-state index in [-0.39, 0.29) is 11.5 Å². The van der Waals surface area contributed by atoms with Gasteiger partial charge in [0.15, 0.2) is 0 Å². The predicted octanol–water partition coefficient (Wildman–Crippen LogP) is 7.89. The van der Waals surface area contributed by atoms with Crippen molar-refractivity contribution in [3.8, 4) is 17.6 Å². The van der Waals surface area contributed by atoms with Crippen molar-refractivity contribution in [2.45, 2.75) is 26.4 Å². The lowest BCUT2D eigenvalue weighted by Crippen LogP contribution is -2.11. The number of benzene rings is 3. The molecule has 40 heavy (non-hydrogen) atoms. The summed E-state index contributed by atoms with van der Waals surface area (Å²) < 4.78 is 13.1. The van der Waals surface area contributed by atoms with Crippen LogP contribution >= 0.6 is 23.4 Å². The average molecular weight is 575 g/mol. The van der Waals surface area contributed by atoms with Crippen molar-refractivity contribution in [3.05, 3.63) is 96.2 Å². The zero-order valence-corrected chi connectivity index (χ0v) is 23.5. The molecule has 4 rings (SSSR count). The fraction of sp³-hybridized carbons (Fsp3) is 0.194. The van der Waals surface area contributed by atoms with E-state index < -0.39 is 0 Å². The number of hydrogen-bond donors (Lipinski definition) is 1. The number of halogens is 2. The maximum Gasteiger partial charge on any atom is 0.248 e. The van der Waals surface area contributed by atoms with E-state index in [9.17, 15) is 10.1 Å². The summed E-state index contributed by atoms with van der Waals surface area (Å²) in [4.78, 5) is 17.0. The van der Waals surface area contributed by atoms with E-state index in [0.717, 1.165) is 12.0 Å². The molecule has 1 amide bonds. The molecule has 204 valence electrons. The van der Waals surface area contributed by atoms with Crippen LogP contribution in [0.25, 0.3) is 10.9 Å². The molecular weight excluding hydrogens is 547 g/mol. The summed E-state index contributed by atoms with van der Waals surface area (Å²) in [6, 6.07) is 22.8. The molecule has 0 saturated heterocycles. The lowest BCUT2D eigenvalue weighted by molar-refractivity contribution is -0.111. The monoisotopic (exact) mass is 574 g/mol. The molecule has 0 saturated carbocycles. The van der Waals surface area contributed by atoms with E-state index in [2.05, 4.69) is 16.4 Å². The summed E-state index contributed by atoms with van der Waals surface area (Å²) in [6.07, 6.45) is 6.19. The predicted molar refractivity (Wildman–Crippen MR) is 161 cm³/mol. The van der Waals surface area contributed by atoms with Crippen molar-refractivity contribution in [3.63, 3.8) is 0 Å². The third-order valence-electron chi connectivity index (χ3n) is 5.90. The standard InChI is InChI=1S/C31H28Cl2N4O3/c1-2-39-29-18-27-26(17-28(29)36-30(38)11-7-4-8-16-32)31(23(19-34)20-35-27)37(33)24-12-14-25(15-13-24)40-21-22-9-5-3-6-10-22/h3,5-7,9-15,17-18,20H,2,4,8,16,21H2,1H3,(H,36,38)/b11-7+. The molecule has 0 aliphatic carbocycles. The molecule has 9 heteroatoms. The maximum absolute atomic E-state index is 12.6. The second kappa shape index (κ2) is 14.2. The third-order valence-corrected chi connectivity index (χ3v) is 6.53. The summed E-state index contributed by atoms with van der Waals surface area (Å²) in [5.41, 5.74) is 3.39. The Morgan fingerprint density at radius 3 is 2.60 bits per heavy atom. The highest BCUT2D eigenvalue weighted by Crippen LogP contribution is 2.40. The number of carbonyl (C=O) groups excluding carboxylic acids is 1. The molecule has 0 fully saturated rings. The number of pyridine rings is 1. The smallest absolute Gasteiger partial charge is 0.248 e. The van der Waals surface area contributed by atoms with Crippen molar-refractivity contribution in [2.75, 3.05) is 22.2 Å². The lowest BCUT2D eigenvalue weighted by atomic mass is 10.1. The Hall–Kier alpha value is -4.25. The number of allylic oxidation sites excluding steroid dienone is 1. The van der Waals surface area contributed by atoms with Crippen LogP contribution in [0.3, 0.4) is 0 Å². The molecule has 0 bridgehead atoms. The lowest BCUT2D eigenvalue weighted by Gasteiger charge is -2.21. The second-order valence-corrected chi connectivity index (χ2v) is 9.42. The quantitative estimate of drug-likeness (QED) is 0.0800. The summed E-state index contributed by atoms with van der Waals surface area (Å²) in [6.45, 7) is 2.69. The van der Waals surface area contributed by atoms with Crippen LogP contribution in [0.2, 0.25) is 0 Å². The molecule has 1 aromatic heterocycles. The van der Waals surface area contributed by atoms with Crippen molar-refractivity contribution in [1.82, 2.24) is 4.98 Å². The summed E-state index contributed by atoms with van der Waals surface area (Å²) in [5, 5.41) is 13.3. The number of carbonyl (C=O) groups is 1. The Morgan fingerprint density at radius 1 is 1.12 bits per heavy atom. The Morgan fingerprint density at radius 2 is 1.90 bits per heavy atom. The van der Waals surface area contributed by atoms with Gasteiger partial charge in [0, 0.05) is 35.3 Å². The second-order valence-electron chi connectivity index (χ2n) is 8.70. The van der Waals surface area contributed by atoms with Crippen molar-refractivity contribution >= 4 is 57.2 Å². The molecule has 0 unspecified atom stereocenters. The highest BCUT2D eigenvalue weighted by atomic mass is 35.5. The number of alkyl halides is 1. The Kier molecular flexibility index (Phi) is 10.2. The van der Waals surface area contributed by atoms with Gasteiger partial charge in [-0.05, 0) is 61.7 Å². The molecule has 0 atom stereocenters. The van der Waals surface area contributed by atoms with Gasteiger partial charge in [0.2, 0.25) is 5.91 Å². The minimum atomic E-state index is -0.311. The van der Waals surface area contributed by atoms with Crippen LogP contribution in [-0.2, 0) is 11.4 Å². The minimum Gasteiger partial charge on any atom is -0.492 e. The normalized spacial score (nSPS) is 10.8. The summed E-state index contributed by atoms with van der Waals surface area (Å²) in [5.74, 6) is 1.36. The molecule has 0 aliphatic rings. The molecule has 0 spiro atoms. The van der Waals surface area contributed by atoms with E-state index in [4.69, 9.17) is 32.9 Å². The fourth-order valence-electron chi connectivity index (χ4n) is 3.97. The number of hydrogen-bond acceptors (Lipinski definition) is 6. The number of aromatic nitrogens is 1. The van der Waals surface area contributed by atoms with Crippen LogP contribution in [0.5, 0.6) is 11.5 Å². The molecule has 4 aromatic rings. The first-order chi connectivity index (χ1) is 19.5. The van der Waals surface area contributed by atoms with E-state index in [0.29, 0.717) is 65.0 Å². The van der Waals surface area contributed by atoms with E-state index >= 15 is 0 Å². The number of anilines is 3. The van der Waals surface area contributed by atoms with Gasteiger partial charge in [-0.15, -0.1) is 11.6 Å². The van der Waals surface area contributed by atoms with Crippen LogP contribution in [0.1, 0.15) is 30.9 Å². The number of nitrogens with zero attached hydrogens (tertiary/aromatic N) is 3. The Labute approximate surface area is 243 Å². The summed E-state index contributed by atoms with van der Waals surface area (Å²) >= 11 is 12.6. The maximum atomic E-state index is 12.6. The molecule has 1 heterocycles. The van der Waals surface area contributed by atoms with Gasteiger partial charge in [-0.25, -0.2) is 0 Å². The van der Waals surface area contributed by atoms with Crippen molar-refractivity contribution in [2.24, 2.45) is 0 Å². The van der Waals surface area contributed by atoms with Gasteiger partial charge in [-0.1, -0.05) is 36.4 Å². The van der Waals surface area contributed by atoms with Crippen LogP contribution in [0.15, 0.2) is 85.1 Å². The van der Waals surface area contributed by atoms with E-state index in [1.807, 2.05) is 61.5 Å². The number of ether oxygens (including phenoxy) is 2. The Balaban J connectivity index is 1.65. The molecule has 7 nitrogen and oxygen atoms in total. The van der Waals surface area contributed by atoms with Gasteiger partial charge in [-0.3, -0.25) is 14.2 Å². The average Bonchev–Trinajstić information content (AvgIpc) is 2.98. The van der Waals surface area contributed by atoms with Gasteiger partial charge < -0.3 is 14.8 Å². The molecule has 0 aliphatic heterocycles. The first-order valence-electron chi connectivity index (χ1n) is 12.8. The SMILES string of the molecule is CCOc1cc2ncc(C#N)c(N(Cl)c3ccc(OCc4ccccc4)cc3)c2cc1NC(=O)/C=C/CCCCl. The van der Waals surface area contributed by atoms with Crippen molar-refractivity contribution < 1.29 is 14.3 Å². The molecular formula is C31H28Cl2N4O3. The van der Waals surface area contributed by atoms with Crippen LogP contribution in [0, 0.1) is 11.3 Å². The number of amides is 1. The first-order valence-corrected chi connectivity index (χ1v) is 13.7. The van der Waals surface area contributed by atoms with Gasteiger partial charge in [-0.2, -0.15) is 5.26 Å². The number of rotatable bonds is 12. The zero-order valence-electron chi connectivity index (χ0n) is 21.9. The largest absolute Gasteiger partial charge is 0.492 e. The van der Waals surface area contributed by atoms with Gasteiger partial charge in [0.25, 0.3) is 0 Å². The zero-order chi connectivity index (χ0) is 28.3. The van der Waals surface area contributed by atoms with Crippen LogP contribution in [-0.4, -0.2) is 23.4 Å². The summed E-state index contributed by atoms with van der Waals surface area (Å²) in [7, 11) is 0. The number of fused-ring (bicyclic) bond motifs is 1. The first kappa shape index (κ1) is 28.8. The highest BCUT2D eigenvalue weighted by Gasteiger charge is 2.20. The topological polar surface area (TPSA) is 87.5 Å². The number of unbranched alkanes of at least 4 members (excludes halogenated alkanes) is 1. The van der Waals surface area contributed by atoms with Gasteiger partial charge in [0.05, 0.1) is 34.7 Å². The highest BCUT2D eigenvalue weighted by molar-refractivity contribution is 6.31. The molecule has 1 N–H and O–H groups in total. The van der Waals surface area contributed by atoms with Gasteiger partial charge >= 0.3 is 0 Å².